The number of benzene rings is 1. The Morgan fingerprint density at radius 3 is 2.65 bits per heavy atom. The Morgan fingerprint density at radius 1 is 1.30 bits per heavy atom. The average molecular weight is 401 g/mol. The van der Waals surface area contributed by atoms with Crippen LogP contribution in [0, 0.1) is 0 Å². The Labute approximate surface area is 132 Å². The lowest BCUT2D eigenvalue weighted by Crippen LogP contribution is -2.04. The normalized spacial score (nSPS) is 10.9. The highest BCUT2D eigenvalue weighted by Gasteiger charge is 2.13. The summed E-state index contributed by atoms with van der Waals surface area (Å²) in [5, 5.41) is 0. The van der Waals surface area contributed by atoms with Crippen molar-refractivity contribution in [1.29, 1.82) is 0 Å². The maximum Gasteiger partial charge on any atom is 0.241 e. The van der Waals surface area contributed by atoms with Crippen LogP contribution >= 0.6 is 31.9 Å². The average Bonchev–Trinajstić information content (AvgIpc) is 2.77. The molecule has 104 valence electrons. The minimum Gasteiger partial charge on any atom is -0.497 e. The van der Waals surface area contributed by atoms with Crippen molar-refractivity contribution in [2.45, 2.75) is 0 Å². The number of methoxy groups -OCH3 is 1. The molecule has 0 aliphatic rings. The van der Waals surface area contributed by atoms with Crippen molar-refractivity contribution in [3.8, 4) is 17.1 Å². The number of ether oxygens (including phenoxy) is 1. The molecule has 4 nitrogen and oxygen atoms in total. The van der Waals surface area contributed by atoms with Gasteiger partial charge < -0.3 is 14.9 Å². The van der Waals surface area contributed by atoms with E-state index in [2.05, 4.69) is 31.9 Å². The van der Waals surface area contributed by atoms with Gasteiger partial charge in [-0.15, -0.1) is 0 Å². The van der Waals surface area contributed by atoms with Crippen LogP contribution in [-0.2, 0) is 4.79 Å². The van der Waals surface area contributed by atoms with Crippen molar-refractivity contribution in [3.05, 3.63) is 45.0 Å². The number of carbonyl (C=O) groups is 1. The lowest BCUT2D eigenvalue weighted by Gasteiger charge is -2.05. The standard InChI is InChI=1S/C14H11Br2NO3/c1-19-8-2-4-10(11(15)6-8)14-12(16)7-9(20-14)3-5-13(17)18/h2-7H,1H3,(H2,17,18)/b5-3+. The molecule has 0 aliphatic carbocycles. The fraction of sp³-hybridized carbons (Fsp3) is 0.0714. The first-order valence-electron chi connectivity index (χ1n) is 5.62. The van der Waals surface area contributed by atoms with E-state index < -0.39 is 5.91 Å². The SMILES string of the molecule is COc1ccc(-c2oc(/C=C/C(N)=O)cc2Br)c(Br)c1. The highest BCUT2D eigenvalue weighted by Crippen LogP contribution is 2.37. The van der Waals surface area contributed by atoms with Crippen molar-refractivity contribution in [1.82, 2.24) is 0 Å². The van der Waals surface area contributed by atoms with Gasteiger partial charge in [-0.05, 0) is 62.2 Å². The summed E-state index contributed by atoms with van der Waals surface area (Å²) in [7, 11) is 1.61. The van der Waals surface area contributed by atoms with Crippen molar-refractivity contribution in [2.24, 2.45) is 5.73 Å². The van der Waals surface area contributed by atoms with Gasteiger partial charge in [0.05, 0.1) is 11.6 Å². The highest BCUT2D eigenvalue weighted by molar-refractivity contribution is 9.11. The van der Waals surface area contributed by atoms with Gasteiger partial charge in [-0.1, -0.05) is 0 Å². The first kappa shape index (κ1) is 14.9. The molecule has 6 heteroatoms. The van der Waals surface area contributed by atoms with Crippen LogP contribution in [0.5, 0.6) is 5.75 Å². The Bertz CT molecular complexity index is 677. The number of carbonyl (C=O) groups excluding carboxylic acids is 1. The largest absolute Gasteiger partial charge is 0.497 e. The Morgan fingerprint density at radius 2 is 2.05 bits per heavy atom. The van der Waals surface area contributed by atoms with E-state index in [0.29, 0.717) is 11.5 Å². The number of nitrogens with two attached hydrogens (primary N) is 1. The fourth-order valence-corrected chi connectivity index (χ4v) is 2.68. The summed E-state index contributed by atoms with van der Waals surface area (Å²) >= 11 is 6.91. The second-order valence-corrected chi connectivity index (χ2v) is 5.62. The van der Waals surface area contributed by atoms with Gasteiger partial charge in [-0.2, -0.15) is 0 Å². The van der Waals surface area contributed by atoms with Gasteiger partial charge in [-0.25, -0.2) is 0 Å². The van der Waals surface area contributed by atoms with Crippen molar-refractivity contribution in [2.75, 3.05) is 7.11 Å². The summed E-state index contributed by atoms with van der Waals surface area (Å²) in [6.07, 6.45) is 2.77. The van der Waals surface area contributed by atoms with Gasteiger partial charge in [-0.3, -0.25) is 4.79 Å². The number of halogens is 2. The van der Waals surface area contributed by atoms with E-state index in [0.717, 1.165) is 20.3 Å². The summed E-state index contributed by atoms with van der Waals surface area (Å²) in [5.41, 5.74) is 5.92. The molecule has 1 aromatic carbocycles. The summed E-state index contributed by atoms with van der Waals surface area (Å²) < 4.78 is 12.5. The van der Waals surface area contributed by atoms with Crippen LogP contribution in [0.2, 0.25) is 0 Å². The molecule has 2 N–H and O–H groups in total. The minimum absolute atomic E-state index is 0.523. The number of furan rings is 1. The van der Waals surface area contributed by atoms with Gasteiger partial charge >= 0.3 is 0 Å². The number of hydrogen-bond acceptors (Lipinski definition) is 3. The predicted molar refractivity (Wildman–Crippen MR) is 84.3 cm³/mol. The van der Waals surface area contributed by atoms with Gasteiger partial charge in [0.15, 0.2) is 0 Å². The molecule has 0 saturated heterocycles. The van der Waals surface area contributed by atoms with Gasteiger partial charge in [0.2, 0.25) is 5.91 Å². The lowest BCUT2D eigenvalue weighted by molar-refractivity contribution is -0.113. The van der Waals surface area contributed by atoms with Crippen LogP contribution in [0.3, 0.4) is 0 Å². The molecule has 1 aromatic heterocycles. The van der Waals surface area contributed by atoms with E-state index >= 15 is 0 Å². The van der Waals surface area contributed by atoms with E-state index in [9.17, 15) is 4.79 Å². The zero-order chi connectivity index (χ0) is 14.7. The van der Waals surface area contributed by atoms with Crippen LogP contribution < -0.4 is 10.5 Å². The molecule has 2 aromatic rings. The topological polar surface area (TPSA) is 65.5 Å². The van der Waals surface area contributed by atoms with Crippen LogP contribution in [0.4, 0.5) is 0 Å². The van der Waals surface area contributed by atoms with E-state index in [1.165, 1.54) is 12.2 Å². The Kier molecular flexibility index (Phi) is 4.67. The second-order valence-electron chi connectivity index (χ2n) is 3.91. The smallest absolute Gasteiger partial charge is 0.241 e. The molecule has 0 bridgehead atoms. The van der Waals surface area contributed by atoms with E-state index in [1.54, 1.807) is 13.2 Å². The molecule has 2 rings (SSSR count). The van der Waals surface area contributed by atoms with E-state index in [4.69, 9.17) is 14.9 Å². The van der Waals surface area contributed by atoms with Crippen molar-refractivity contribution >= 4 is 43.8 Å². The maximum atomic E-state index is 10.7. The first-order chi connectivity index (χ1) is 9.51. The van der Waals surface area contributed by atoms with E-state index in [1.807, 2.05) is 18.2 Å². The van der Waals surface area contributed by atoms with Crippen LogP contribution in [0.15, 0.2) is 43.7 Å². The third-order valence-corrected chi connectivity index (χ3v) is 3.78. The summed E-state index contributed by atoms with van der Waals surface area (Å²) in [6.45, 7) is 0. The monoisotopic (exact) mass is 399 g/mol. The molecule has 0 atom stereocenters. The molecule has 0 fully saturated rings. The molecule has 0 spiro atoms. The molecule has 0 unspecified atom stereocenters. The Balaban J connectivity index is 2.40. The zero-order valence-corrected chi connectivity index (χ0v) is 13.7. The van der Waals surface area contributed by atoms with Crippen LogP contribution in [0.25, 0.3) is 17.4 Å². The Hall–Kier alpha value is -1.53. The minimum atomic E-state index is -0.523. The first-order valence-corrected chi connectivity index (χ1v) is 7.20. The third-order valence-electron chi connectivity index (χ3n) is 2.54. The second kappa shape index (κ2) is 6.28. The number of hydrogen-bond donors (Lipinski definition) is 1. The maximum absolute atomic E-state index is 10.7. The third kappa shape index (κ3) is 3.32. The molecule has 1 heterocycles. The summed E-state index contributed by atoms with van der Waals surface area (Å²) in [4.78, 5) is 10.7. The van der Waals surface area contributed by atoms with Crippen LogP contribution in [-0.4, -0.2) is 13.0 Å². The summed E-state index contributed by atoms with van der Waals surface area (Å²) in [5.74, 6) is 1.42. The molecular weight excluding hydrogens is 390 g/mol. The van der Waals surface area contributed by atoms with Crippen LogP contribution in [0.1, 0.15) is 5.76 Å². The van der Waals surface area contributed by atoms with Gasteiger partial charge in [0.1, 0.15) is 17.3 Å². The molecular formula is C14H11Br2NO3. The quantitative estimate of drug-likeness (QED) is 0.789. The predicted octanol–water partition coefficient (Wildman–Crippen LogP) is 3.98. The number of primary amides is 1. The fourth-order valence-electron chi connectivity index (χ4n) is 1.62. The van der Waals surface area contributed by atoms with Crippen molar-refractivity contribution in [3.63, 3.8) is 0 Å². The summed E-state index contributed by atoms with van der Waals surface area (Å²) in [6, 6.07) is 7.34. The zero-order valence-electron chi connectivity index (χ0n) is 10.5. The molecule has 0 saturated carbocycles. The number of rotatable bonds is 4. The molecule has 0 aliphatic heterocycles. The van der Waals surface area contributed by atoms with Gasteiger partial charge in [0.25, 0.3) is 0 Å². The van der Waals surface area contributed by atoms with E-state index in [-0.39, 0.29) is 0 Å². The molecule has 0 radical (unpaired) electrons. The highest BCUT2D eigenvalue weighted by atomic mass is 79.9. The molecule has 20 heavy (non-hydrogen) atoms. The van der Waals surface area contributed by atoms with Gasteiger partial charge in [0, 0.05) is 16.1 Å². The van der Waals surface area contributed by atoms with Crippen molar-refractivity contribution < 1.29 is 13.9 Å². The molecule has 1 amide bonds. The number of amides is 1. The lowest BCUT2D eigenvalue weighted by atomic mass is 10.2.